The maximum absolute atomic E-state index is 13.0. The SMILES string of the molecule is O=C(c1ccc(-c2ccc(F)cc2)o1)N1CCCc2ncccc21. The van der Waals surface area contributed by atoms with Crippen LogP contribution in [0.1, 0.15) is 22.7 Å². The number of rotatable bonds is 2. The molecule has 0 radical (unpaired) electrons. The van der Waals surface area contributed by atoms with Crippen LogP contribution in [0.15, 0.2) is 59.1 Å². The number of pyridine rings is 1. The molecule has 3 heterocycles. The first-order chi connectivity index (χ1) is 11.7. The van der Waals surface area contributed by atoms with Gasteiger partial charge in [-0.2, -0.15) is 0 Å². The standard InChI is InChI=1S/C19H15FN2O2/c20-14-7-5-13(6-8-14)17-9-10-18(24-17)19(23)22-12-2-3-15-16(22)4-1-11-21-15/h1,4-11H,2-3,12H2. The molecule has 3 aromatic rings. The molecule has 0 unspecified atom stereocenters. The van der Waals surface area contributed by atoms with Crippen LogP contribution in [0.4, 0.5) is 10.1 Å². The first-order valence-electron chi connectivity index (χ1n) is 7.84. The number of amides is 1. The number of aryl methyl sites for hydroxylation is 1. The maximum Gasteiger partial charge on any atom is 0.294 e. The van der Waals surface area contributed by atoms with Crippen LogP contribution in [0, 0.1) is 5.82 Å². The van der Waals surface area contributed by atoms with Gasteiger partial charge in [-0.3, -0.25) is 9.78 Å². The lowest BCUT2D eigenvalue weighted by atomic mass is 10.1. The first-order valence-corrected chi connectivity index (χ1v) is 7.84. The van der Waals surface area contributed by atoms with Crippen LogP contribution in [0.2, 0.25) is 0 Å². The summed E-state index contributed by atoms with van der Waals surface area (Å²) in [5, 5.41) is 0. The predicted octanol–water partition coefficient (Wildman–Crippen LogP) is 4.07. The molecule has 5 heteroatoms. The molecule has 2 aromatic heterocycles. The van der Waals surface area contributed by atoms with E-state index in [0.29, 0.717) is 12.3 Å². The molecule has 4 rings (SSSR count). The van der Waals surface area contributed by atoms with E-state index in [-0.39, 0.29) is 17.5 Å². The summed E-state index contributed by atoms with van der Waals surface area (Å²) in [6, 6.07) is 13.1. The van der Waals surface area contributed by atoms with Crippen molar-refractivity contribution in [3.63, 3.8) is 0 Å². The zero-order valence-electron chi connectivity index (χ0n) is 12.9. The summed E-state index contributed by atoms with van der Waals surface area (Å²) in [5.41, 5.74) is 2.51. The number of hydrogen-bond acceptors (Lipinski definition) is 3. The fourth-order valence-electron chi connectivity index (χ4n) is 2.96. The first kappa shape index (κ1) is 14.6. The van der Waals surface area contributed by atoms with E-state index in [1.807, 2.05) is 12.1 Å². The van der Waals surface area contributed by atoms with Crippen LogP contribution in [0.5, 0.6) is 0 Å². The molecule has 4 nitrogen and oxygen atoms in total. The summed E-state index contributed by atoms with van der Waals surface area (Å²) in [5.74, 6) is 0.323. The van der Waals surface area contributed by atoms with Gasteiger partial charge in [-0.1, -0.05) is 0 Å². The number of halogens is 1. The average Bonchev–Trinajstić information content (AvgIpc) is 3.11. The van der Waals surface area contributed by atoms with Crippen molar-refractivity contribution in [3.05, 3.63) is 72.0 Å². The van der Waals surface area contributed by atoms with Crippen molar-refractivity contribution in [3.8, 4) is 11.3 Å². The van der Waals surface area contributed by atoms with E-state index in [0.717, 1.165) is 29.8 Å². The fraction of sp³-hybridized carbons (Fsp3) is 0.158. The minimum absolute atomic E-state index is 0.183. The smallest absolute Gasteiger partial charge is 0.294 e. The maximum atomic E-state index is 13.0. The molecule has 0 spiro atoms. The van der Waals surface area contributed by atoms with E-state index in [1.54, 1.807) is 35.4 Å². The molecule has 1 aliphatic heterocycles. The largest absolute Gasteiger partial charge is 0.451 e. The number of nitrogens with zero attached hydrogens (tertiary/aromatic N) is 2. The minimum atomic E-state index is -0.306. The Labute approximate surface area is 138 Å². The van der Waals surface area contributed by atoms with Crippen LogP contribution in [0.25, 0.3) is 11.3 Å². The average molecular weight is 322 g/mol. The van der Waals surface area contributed by atoms with Gasteiger partial charge in [-0.05, 0) is 61.4 Å². The third-order valence-electron chi connectivity index (χ3n) is 4.14. The lowest BCUT2D eigenvalue weighted by molar-refractivity contribution is 0.0959. The quantitative estimate of drug-likeness (QED) is 0.714. The zero-order chi connectivity index (χ0) is 16.5. The lowest BCUT2D eigenvalue weighted by Crippen LogP contribution is -2.35. The summed E-state index contributed by atoms with van der Waals surface area (Å²) in [6.45, 7) is 0.643. The van der Waals surface area contributed by atoms with Gasteiger partial charge in [-0.15, -0.1) is 0 Å². The summed E-state index contributed by atoms with van der Waals surface area (Å²) >= 11 is 0. The molecule has 1 aromatic carbocycles. The molecule has 120 valence electrons. The van der Waals surface area contributed by atoms with Crippen LogP contribution in [0.3, 0.4) is 0 Å². The Morgan fingerprint density at radius 3 is 2.79 bits per heavy atom. The normalized spacial score (nSPS) is 13.6. The number of carbonyl (C=O) groups is 1. The summed E-state index contributed by atoms with van der Waals surface area (Å²) < 4.78 is 18.7. The number of carbonyl (C=O) groups excluding carboxylic acids is 1. The van der Waals surface area contributed by atoms with Crippen molar-refractivity contribution >= 4 is 11.6 Å². The summed E-state index contributed by atoms with van der Waals surface area (Å²) in [6.07, 6.45) is 3.49. The van der Waals surface area contributed by atoms with Crippen LogP contribution >= 0.6 is 0 Å². The Bertz CT molecular complexity index is 886. The molecule has 1 amide bonds. The molecule has 0 aliphatic carbocycles. The lowest BCUT2D eigenvalue weighted by Gasteiger charge is -2.27. The second kappa shape index (κ2) is 5.92. The molecule has 0 atom stereocenters. The van der Waals surface area contributed by atoms with Gasteiger partial charge in [0.15, 0.2) is 5.76 Å². The van der Waals surface area contributed by atoms with Gasteiger partial charge in [0.05, 0.1) is 11.4 Å². The molecule has 0 N–H and O–H groups in total. The fourth-order valence-corrected chi connectivity index (χ4v) is 2.96. The van der Waals surface area contributed by atoms with Gasteiger partial charge >= 0.3 is 0 Å². The highest BCUT2D eigenvalue weighted by molar-refractivity contribution is 6.05. The van der Waals surface area contributed by atoms with Gasteiger partial charge in [0.1, 0.15) is 11.6 Å². The van der Waals surface area contributed by atoms with Gasteiger partial charge in [0.25, 0.3) is 5.91 Å². The van der Waals surface area contributed by atoms with Crippen LogP contribution in [-0.4, -0.2) is 17.4 Å². The van der Waals surface area contributed by atoms with Crippen molar-refractivity contribution in [1.29, 1.82) is 0 Å². The highest BCUT2D eigenvalue weighted by Gasteiger charge is 2.26. The molecule has 24 heavy (non-hydrogen) atoms. The molecular formula is C19H15FN2O2. The second-order valence-corrected chi connectivity index (χ2v) is 5.70. The monoisotopic (exact) mass is 322 g/mol. The van der Waals surface area contributed by atoms with E-state index >= 15 is 0 Å². The van der Waals surface area contributed by atoms with E-state index < -0.39 is 0 Å². The Hall–Kier alpha value is -2.95. The number of fused-ring (bicyclic) bond motifs is 1. The summed E-state index contributed by atoms with van der Waals surface area (Å²) in [4.78, 5) is 18.9. The van der Waals surface area contributed by atoms with E-state index in [4.69, 9.17) is 4.42 Å². The molecule has 0 fully saturated rings. The van der Waals surface area contributed by atoms with Crippen molar-refractivity contribution in [2.24, 2.45) is 0 Å². The molecule has 0 saturated heterocycles. The van der Waals surface area contributed by atoms with Gasteiger partial charge in [-0.25, -0.2) is 4.39 Å². The van der Waals surface area contributed by atoms with Crippen molar-refractivity contribution in [2.45, 2.75) is 12.8 Å². The molecular weight excluding hydrogens is 307 g/mol. The van der Waals surface area contributed by atoms with Crippen LogP contribution in [-0.2, 0) is 6.42 Å². The van der Waals surface area contributed by atoms with Gasteiger partial charge < -0.3 is 9.32 Å². The third-order valence-corrected chi connectivity index (χ3v) is 4.14. The Kier molecular flexibility index (Phi) is 3.61. The second-order valence-electron chi connectivity index (χ2n) is 5.70. The minimum Gasteiger partial charge on any atom is -0.451 e. The topological polar surface area (TPSA) is 46.3 Å². The molecule has 1 aliphatic rings. The number of anilines is 1. The van der Waals surface area contributed by atoms with Crippen molar-refractivity contribution in [1.82, 2.24) is 4.98 Å². The zero-order valence-corrected chi connectivity index (χ0v) is 12.9. The van der Waals surface area contributed by atoms with E-state index in [9.17, 15) is 9.18 Å². The van der Waals surface area contributed by atoms with Gasteiger partial charge in [0, 0.05) is 18.3 Å². The molecule has 0 saturated carbocycles. The van der Waals surface area contributed by atoms with E-state index in [1.165, 1.54) is 12.1 Å². The number of hydrogen-bond donors (Lipinski definition) is 0. The highest BCUT2D eigenvalue weighted by atomic mass is 19.1. The molecule has 0 bridgehead atoms. The van der Waals surface area contributed by atoms with Crippen molar-refractivity contribution < 1.29 is 13.6 Å². The number of furan rings is 1. The van der Waals surface area contributed by atoms with E-state index in [2.05, 4.69) is 4.98 Å². The predicted molar refractivity (Wildman–Crippen MR) is 88.3 cm³/mol. The Balaban J connectivity index is 1.63. The number of aromatic nitrogens is 1. The Morgan fingerprint density at radius 1 is 1.12 bits per heavy atom. The summed E-state index contributed by atoms with van der Waals surface area (Å²) in [7, 11) is 0. The number of benzene rings is 1. The highest BCUT2D eigenvalue weighted by Crippen LogP contribution is 2.28. The van der Waals surface area contributed by atoms with Crippen molar-refractivity contribution in [2.75, 3.05) is 11.4 Å². The van der Waals surface area contributed by atoms with Gasteiger partial charge in [0.2, 0.25) is 0 Å². The third kappa shape index (κ3) is 2.58. The Morgan fingerprint density at radius 2 is 1.96 bits per heavy atom. The van der Waals surface area contributed by atoms with Crippen LogP contribution < -0.4 is 4.90 Å².